The fourth-order valence-electron chi connectivity index (χ4n) is 2.90. The first-order valence-electron chi connectivity index (χ1n) is 6.53. The molecular weight excluding hydrogens is 300 g/mol. The van der Waals surface area contributed by atoms with E-state index in [1.807, 2.05) is 0 Å². The van der Waals surface area contributed by atoms with Crippen LogP contribution in [0, 0.1) is 12.0 Å². The first kappa shape index (κ1) is 15.0. The van der Waals surface area contributed by atoms with E-state index in [0.717, 1.165) is 4.68 Å². The Morgan fingerprint density at radius 3 is 2.82 bits per heavy atom. The number of aliphatic hydroxyl groups is 2. The number of hydrogen-bond acceptors (Lipinski definition) is 7. The van der Waals surface area contributed by atoms with Crippen molar-refractivity contribution in [3.63, 3.8) is 0 Å². The molecule has 4 N–H and O–H groups in total. The van der Waals surface area contributed by atoms with Crippen molar-refractivity contribution in [1.82, 2.24) is 14.8 Å². The number of rotatable bonds is 3. The van der Waals surface area contributed by atoms with Crippen molar-refractivity contribution >= 4 is 11.5 Å². The van der Waals surface area contributed by atoms with Gasteiger partial charge >= 0.3 is 6.08 Å². The predicted octanol–water partition coefficient (Wildman–Crippen LogP) is -1.54. The molecule has 1 aromatic rings. The van der Waals surface area contributed by atoms with Crippen LogP contribution in [0.3, 0.4) is 0 Å². The van der Waals surface area contributed by atoms with Gasteiger partial charge in [-0.05, 0) is 0 Å². The Hall–Kier alpha value is -1.91. The first-order chi connectivity index (χ1) is 10.4. The summed E-state index contributed by atoms with van der Waals surface area (Å²) >= 11 is 0. The largest absolute Gasteiger partial charge is 0.396 e. The topological polar surface area (TPSA) is 119 Å². The Labute approximate surface area is 123 Å². The van der Waals surface area contributed by atoms with E-state index in [-0.39, 0.29) is 17.0 Å². The number of anilines is 1. The summed E-state index contributed by atoms with van der Waals surface area (Å²) in [5.41, 5.74) is 3.71. The lowest BCUT2D eigenvalue weighted by atomic mass is 10.0. The van der Waals surface area contributed by atoms with Gasteiger partial charge in [-0.15, -0.1) is 5.10 Å². The van der Waals surface area contributed by atoms with E-state index in [1.54, 1.807) is 0 Å². The molecule has 1 aliphatic heterocycles. The lowest BCUT2D eigenvalue weighted by Crippen LogP contribution is -2.39. The molecule has 3 rings (SSSR count). The third kappa shape index (κ3) is 1.81. The molecule has 2 aliphatic rings. The van der Waals surface area contributed by atoms with Gasteiger partial charge in [0.15, 0.2) is 17.5 Å². The molecule has 8 nitrogen and oxygen atoms in total. The van der Waals surface area contributed by atoms with Crippen LogP contribution in [0.2, 0.25) is 0 Å². The van der Waals surface area contributed by atoms with Gasteiger partial charge in [0, 0.05) is 13.0 Å². The maximum Gasteiger partial charge on any atom is 0.328 e. The van der Waals surface area contributed by atoms with Crippen molar-refractivity contribution in [3.8, 4) is 0 Å². The summed E-state index contributed by atoms with van der Waals surface area (Å²) in [7, 11) is 1.38. The summed E-state index contributed by atoms with van der Waals surface area (Å²) in [6.07, 6.45) is -5.05. The van der Waals surface area contributed by atoms with Crippen LogP contribution >= 0.6 is 0 Å². The van der Waals surface area contributed by atoms with Crippen LogP contribution in [0.25, 0.3) is 5.70 Å². The predicted molar refractivity (Wildman–Crippen MR) is 70.3 cm³/mol. The molecule has 1 unspecified atom stereocenters. The molecule has 1 aromatic heterocycles. The molecule has 10 heteroatoms. The molecule has 0 radical (unpaired) electrons. The second kappa shape index (κ2) is 4.80. The smallest absolute Gasteiger partial charge is 0.328 e. The van der Waals surface area contributed by atoms with Crippen LogP contribution in [0.1, 0.15) is 0 Å². The molecule has 5 atom stereocenters. The quantitative estimate of drug-likeness (QED) is 0.622. The van der Waals surface area contributed by atoms with Crippen molar-refractivity contribution in [2.45, 2.75) is 24.0 Å². The Morgan fingerprint density at radius 1 is 1.64 bits per heavy atom. The number of ether oxygens (including phenoxy) is 1. The van der Waals surface area contributed by atoms with Crippen LogP contribution in [0.15, 0.2) is 11.6 Å². The molecule has 0 bridgehead atoms. The van der Waals surface area contributed by atoms with Crippen LogP contribution < -0.4 is 11.2 Å². The molecule has 1 saturated carbocycles. The number of aliphatic hydroxyl groups excluding tert-OH is 1. The third-order valence-electron chi connectivity index (χ3n) is 4.14. The molecule has 0 aromatic carbocycles. The van der Waals surface area contributed by atoms with Gasteiger partial charge in [-0.2, -0.15) is 9.37 Å². The molecular formula is C12H15F2N5O3. The standard InChI is InChI=1S/C12H15F2N5O3/c1-4(19-10(16-2)9(15)17-11(14)18-19)6-7(13)12(21)5(3-20)8(12)22-6/h5-8,20-21H,1,3H2,2H3,(H2,15,17,18)/t5?,6-,7-,8+,12+/m0/s1. The zero-order valence-electron chi connectivity index (χ0n) is 11.6. The zero-order valence-corrected chi connectivity index (χ0v) is 11.6. The lowest BCUT2D eigenvalue weighted by molar-refractivity contribution is 0.0131. The number of nitrogens with zero attached hydrogens (tertiary/aromatic N) is 4. The average Bonchev–Trinajstić information content (AvgIpc) is 2.97. The lowest BCUT2D eigenvalue weighted by Gasteiger charge is -2.22. The number of halogens is 2. The van der Waals surface area contributed by atoms with Crippen molar-refractivity contribution in [2.24, 2.45) is 10.9 Å². The summed E-state index contributed by atoms with van der Waals surface area (Å²) in [4.78, 5) is 7.14. The summed E-state index contributed by atoms with van der Waals surface area (Å²) in [5.74, 6) is -0.916. The monoisotopic (exact) mass is 315 g/mol. The second-order valence-electron chi connectivity index (χ2n) is 5.27. The summed E-state index contributed by atoms with van der Waals surface area (Å²) in [6.45, 7) is 3.25. The average molecular weight is 315 g/mol. The Balaban J connectivity index is 1.95. The van der Waals surface area contributed by atoms with Gasteiger partial charge in [0.1, 0.15) is 11.7 Å². The number of nitrogens with two attached hydrogens (primary N) is 1. The van der Waals surface area contributed by atoms with Crippen molar-refractivity contribution in [1.29, 1.82) is 0 Å². The number of hydrogen-bond donors (Lipinski definition) is 3. The minimum absolute atomic E-state index is 0.00604. The Morgan fingerprint density at radius 2 is 2.32 bits per heavy atom. The highest BCUT2D eigenvalue weighted by atomic mass is 19.1. The van der Waals surface area contributed by atoms with E-state index in [4.69, 9.17) is 15.6 Å². The van der Waals surface area contributed by atoms with Gasteiger partial charge in [-0.3, -0.25) is 4.99 Å². The molecule has 22 heavy (non-hydrogen) atoms. The summed E-state index contributed by atoms with van der Waals surface area (Å²) < 4.78 is 34.1. The summed E-state index contributed by atoms with van der Waals surface area (Å²) in [5, 5.41) is 22.7. The highest BCUT2D eigenvalue weighted by Gasteiger charge is 2.77. The Kier molecular flexibility index (Phi) is 3.27. The van der Waals surface area contributed by atoms with Crippen molar-refractivity contribution in [3.05, 3.63) is 18.1 Å². The third-order valence-corrected chi connectivity index (χ3v) is 4.14. The SMILES string of the molecule is C=C([C@@H]1O[C@@H]2C(CO)[C@@]2(O)[C@H]1F)n1nc(F)nc(N)c1=NC. The minimum Gasteiger partial charge on any atom is -0.396 e. The second-order valence-corrected chi connectivity index (χ2v) is 5.27. The van der Waals surface area contributed by atoms with E-state index in [9.17, 15) is 13.9 Å². The minimum atomic E-state index is -1.83. The number of nitrogen functional groups attached to an aromatic ring is 1. The fourth-order valence-corrected chi connectivity index (χ4v) is 2.90. The molecule has 1 saturated heterocycles. The fraction of sp³-hybridized carbons (Fsp3) is 0.583. The number of fused-ring (bicyclic) bond motifs is 1. The van der Waals surface area contributed by atoms with E-state index in [1.165, 1.54) is 7.05 Å². The van der Waals surface area contributed by atoms with E-state index < -0.39 is 42.6 Å². The van der Waals surface area contributed by atoms with E-state index in [0.29, 0.717) is 0 Å². The first-order valence-corrected chi connectivity index (χ1v) is 6.53. The maximum absolute atomic E-state index is 14.5. The molecule has 2 fully saturated rings. The van der Waals surface area contributed by atoms with Crippen molar-refractivity contribution < 1.29 is 23.7 Å². The van der Waals surface area contributed by atoms with E-state index >= 15 is 0 Å². The van der Waals surface area contributed by atoms with Crippen LogP contribution in [-0.4, -0.2) is 62.6 Å². The molecule has 0 amide bonds. The number of aromatic nitrogens is 3. The van der Waals surface area contributed by atoms with Gasteiger partial charge in [-0.25, -0.2) is 9.07 Å². The summed E-state index contributed by atoms with van der Waals surface area (Å²) in [6, 6.07) is 0. The number of alkyl halides is 1. The maximum atomic E-state index is 14.5. The molecule has 120 valence electrons. The zero-order chi connectivity index (χ0) is 16.2. The van der Waals surface area contributed by atoms with Crippen LogP contribution in [0.5, 0.6) is 0 Å². The van der Waals surface area contributed by atoms with Gasteiger partial charge in [0.2, 0.25) is 0 Å². The molecule has 2 heterocycles. The molecule has 1 aliphatic carbocycles. The van der Waals surface area contributed by atoms with Crippen LogP contribution in [-0.2, 0) is 4.74 Å². The van der Waals surface area contributed by atoms with Gasteiger partial charge in [-0.1, -0.05) is 6.58 Å². The highest BCUT2D eigenvalue weighted by Crippen LogP contribution is 2.57. The van der Waals surface area contributed by atoms with Gasteiger partial charge < -0.3 is 20.7 Å². The Bertz CT molecular complexity index is 708. The normalized spacial score (nSPS) is 37.2. The van der Waals surface area contributed by atoms with E-state index in [2.05, 4.69) is 21.7 Å². The van der Waals surface area contributed by atoms with Crippen LogP contribution in [0.4, 0.5) is 14.6 Å². The van der Waals surface area contributed by atoms with Gasteiger partial charge in [0.25, 0.3) is 0 Å². The highest BCUT2D eigenvalue weighted by molar-refractivity contribution is 5.51. The van der Waals surface area contributed by atoms with Gasteiger partial charge in [0.05, 0.1) is 18.4 Å². The van der Waals surface area contributed by atoms with Crippen molar-refractivity contribution in [2.75, 3.05) is 19.4 Å². The molecule has 0 spiro atoms.